The molecule has 71 heavy (non-hydrogen) atoms. The lowest BCUT2D eigenvalue weighted by Crippen LogP contribution is -2.61. The predicted octanol–water partition coefficient (Wildman–Crippen LogP) is -2.04. The van der Waals surface area contributed by atoms with E-state index < -0.39 is 108 Å². The smallest absolute Gasteiger partial charge is 0.303 e. The maximum absolute atomic E-state index is 14.5. The number of guanidine groups is 1. The number of benzene rings is 2. The molecule has 0 spiro atoms. The van der Waals surface area contributed by atoms with E-state index in [0.29, 0.717) is 42.6 Å². The molecule has 0 aliphatic carbocycles. The molecule has 2 aromatic carbocycles. The maximum Gasteiger partial charge on any atom is 0.303 e. The minimum atomic E-state index is -1.58. The Hall–Kier alpha value is -7.60. The van der Waals surface area contributed by atoms with Gasteiger partial charge >= 0.3 is 5.97 Å². The Bertz CT molecular complexity index is 2230. The molecule has 19 N–H and O–H groups in total. The normalized spacial score (nSPS) is 14.4. The summed E-state index contributed by atoms with van der Waals surface area (Å²) in [7, 11) is 0. The zero-order valence-electron chi connectivity index (χ0n) is 40.1. The van der Waals surface area contributed by atoms with Crippen molar-refractivity contribution in [3.05, 3.63) is 83.9 Å². The van der Waals surface area contributed by atoms with Crippen molar-refractivity contribution in [3.63, 3.8) is 0 Å². The number of nitrogens with two attached hydrogens (primary N) is 5. The molecule has 1 aromatic heterocycles. The Labute approximate surface area is 411 Å². The molecule has 24 heteroatoms. The van der Waals surface area contributed by atoms with Crippen LogP contribution in [0.25, 0.3) is 0 Å². The Kier molecular flexibility index (Phi) is 24.5. The average molecular weight is 991 g/mol. The number of aliphatic carboxylic acids is 1. The molecule has 0 saturated carbocycles. The molecule has 7 amide bonds. The van der Waals surface area contributed by atoms with Crippen LogP contribution in [-0.4, -0.2) is 129 Å². The van der Waals surface area contributed by atoms with Crippen molar-refractivity contribution >= 4 is 53.3 Å². The highest BCUT2D eigenvalue weighted by molar-refractivity contribution is 5.97. The van der Waals surface area contributed by atoms with Crippen LogP contribution in [0.3, 0.4) is 0 Å². The first kappa shape index (κ1) is 57.7. The molecule has 0 saturated heterocycles. The molecule has 1 heterocycles. The minimum Gasteiger partial charge on any atom is -0.508 e. The quantitative estimate of drug-likeness (QED) is 0.0182. The molecule has 3 rings (SSSR count). The molecule has 0 unspecified atom stereocenters. The van der Waals surface area contributed by atoms with Gasteiger partial charge in [-0.05, 0) is 67.8 Å². The third-order valence-corrected chi connectivity index (χ3v) is 11.5. The van der Waals surface area contributed by atoms with Crippen LogP contribution in [0.15, 0.2) is 72.1 Å². The zero-order valence-corrected chi connectivity index (χ0v) is 40.1. The van der Waals surface area contributed by atoms with Gasteiger partial charge in [-0.15, -0.1) is 0 Å². The van der Waals surface area contributed by atoms with Crippen LogP contribution >= 0.6 is 0 Å². The summed E-state index contributed by atoms with van der Waals surface area (Å²) >= 11 is 0. The summed E-state index contributed by atoms with van der Waals surface area (Å²) in [6.07, 6.45) is 3.44. The van der Waals surface area contributed by atoms with Gasteiger partial charge in [0.15, 0.2) is 5.96 Å². The number of carboxylic acid groups (broad SMARTS) is 1. The van der Waals surface area contributed by atoms with Gasteiger partial charge in [0.1, 0.15) is 42.0 Å². The lowest BCUT2D eigenvalue weighted by molar-refractivity contribution is -0.138. The fourth-order valence-corrected chi connectivity index (χ4v) is 7.24. The highest BCUT2D eigenvalue weighted by Gasteiger charge is 2.35. The summed E-state index contributed by atoms with van der Waals surface area (Å²) < 4.78 is 0. The Balaban J connectivity index is 1.94. The minimum absolute atomic E-state index is 0.0106. The van der Waals surface area contributed by atoms with Crippen molar-refractivity contribution in [2.75, 3.05) is 13.1 Å². The van der Waals surface area contributed by atoms with Crippen LogP contribution < -0.4 is 60.6 Å². The average Bonchev–Trinajstić information content (AvgIpc) is 3.85. The largest absolute Gasteiger partial charge is 0.508 e. The SMILES string of the molecule is CC[C@H](C)[C@H](NC(=O)[C@H](Cc1ccc(O)cc1)NC(=O)[C@H](CCC(=O)O)NC(=O)[C@H](Cc1cnc[nH]1)NC(=O)[C@@H](N)CCCCN)C(=O)N[C@@H](CCCN=C(N)N)C(=O)N[C@@H](Cc1ccccc1)C(N)=O. The summed E-state index contributed by atoms with van der Waals surface area (Å²) in [4.78, 5) is 119. The number of unbranched alkanes of at least 4 members (excludes halogenated alkanes) is 1. The number of amides is 7. The molecular formula is C47H70N14O10. The second kappa shape index (κ2) is 30.1. The number of H-pyrrole nitrogens is 1. The first-order chi connectivity index (χ1) is 33.8. The zero-order chi connectivity index (χ0) is 52.5. The van der Waals surface area contributed by atoms with Gasteiger partial charge in [0.25, 0.3) is 0 Å². The van der Waals surface area contributed by atoms with E-state index in [-0.39, 0.29) is 56.8 Å². The van der Waals surface area contributed by atoms with E-state index in [1.165, 1.54) is 36.8 Å². The molecule has 8 atom stereocenters. The van der Waals surface area contributed by atoms with Crippen LogP contribution in [0.1, 0.15) is 82.0 Å². The number of carbonyl (C=O) groups excluding carboxylic acids is 7. The van der Waals surface area contributed by atoms with E-state index in [2.05, 4.69) is 46.9 Å². The number of aromatic amines is 1. The summed E-state index contributed by atoms with van der Waals surface area (Å²) in [5.41, 5.74) is 29.9. The summed E-state index contributed by atoms with van der Waals surface area (Å²) in [6.45, 7) is 3.93. The molecule has 0 aliphatic rings. The number of carboxylic acids is 1. The summed E-state index contributed by atoms with van der Waals surface area (Å²) in [5.74, 6) is -7.91. The fraction of sp³-hybridized carbons (Fsp3) is 0.489. The molecule has 0 bridgehead atoms. The molecule has 24 nitrogen and oxygen atoms in total. The number of aromatic nitrogens is 2. The highest BCUT2D eigenvalue weighted by atomic mass is 16.4. The van der Waals surface area contributed by atoms with Crippen molar-refractivity contribution in [1.29, 1.82) is 0 Å². The number of imidazole rings is 1. The lowest BCUT2D eigenvalue weighted by Gasteiger charge is -2.29. The first-order valence-electron chi connectivity index (χ1n) is 23.4. The second-order valence-electron chi connectivity index (χ2n) is 17.2. The number of aliphatic imine (C=N–C) groups is 1. The molecule has 0 radical (unpaired) electrons. The van der Waals surface area contributed by atoms with Crippen LogP contribution in [-0.2, 0) is 57.6 Å². The number of hydrogen-bond donors (Lipinski definition) is 14. The van der Waals surface area contributed by atoms with Gasteiger partial charge in [-0.25, -0.2) is 4.98 Å². The number of phenols is 1. The molecule has 0 aliphatic heterocycles. The predicted molar refractivity (Wildman–Crippen MR) is 262 cm³/mol. The Morgan fingerprint density at radius 1 is 0.662 bits per heavy atom. The second-order valence-corrected chi connectivity index (χ2v) is 17.2. The van der Waals surface area contributed by atoms with E-state index in [4.69, 9.17) is 28.7 Å². The van der Waals surface area contributed by atoms with Crippen molar-refractivity contribution in [3.8, 4) is 5.75 Å². The number of nitrogens with one attached hydrogen (secondary N) is 7. The van der Waals surface area contributed by atoms with Crippen molar-refractivity contribution in [2.24, 2.45) is 39.6 Å². The highest BCUT2D eigenvalue weighted by Crippen LogP contribution is 2.15. The van der Waals surface area contributed by atoms with E-state index in [9.17, 15) is 48.6 Å². The topological polar surface area (TPSA) is 420 Å². The number of primary amides is 1. The standard InChI is InChI=1S/C47H70N14O10/c1-3-27(2)39(46(71)57-33(13-9-21-54-47(51)52)42(67)58-35(40(50)65)22-28-10-5-4-6-11-28)61-45(70)36(23-29-14-16-31(62)17-15-29)60-43(68)34(18-19-38(63)64)56-44(69)37(24-30-25-53-26-55-30)59-41(66)32(49)12-7-8-20-48/h4-6,10-11,14-17,25-27,32-37,39,62H,3,7-9,12-13,18-24,48-49H2,1-2H3,(H2,50,65)(H,53,55)(H,56,69)(H,57,71)(H,58,67)(H,59,66)(H,60,68)(H,61,70)(H,63,64)(H4,51,52,54)/t27-,32-,33-,34-,35-,36-,37-,39-/m0/s1. The molecule has 3 aromatic rings. The number of phenolic OH excluding ortho intramolecular Hbond substituents is 1. The lowest BCUT2D eigenvalue weighted by atomic mass is 9.96. The number of hydrogen-bond acceptors (Lipinski definition) is 13. The van der Waals surface area contributed by atoms with Gasteiger partial charge in [0.05, 0.1) is 12.4 Å². The first-order valence-corrected chi connectivity index (χ1v) is 23.4. The summed E-state index contributed by atoms with van der Waals surface area (Å²) in [6, 6.07) is 5.38. The van der Waals surface area contributed by atoms with E-state index >= 15 is 0 Å². The number of nitrogens with zero attached hydrogens (tertiary/aromatic N) is 2. The molecular weight excluding hydrogens is 921 g/mol. The monoisotopic (exact) mass is 991 g/mol. The number of carbonyl (C=O) groups is 8. The maximum atomic E-state index is 14.5. The van der Waals surface area contributed by atoms with Gasteiger partial charge in [-0.3, -0.25) is 43.3 Å². The Morgan fingerprint density at radius 2 is 1.21 bits per heavy atom. The van der Waals surface area contributed by atoms with E-state index in [1.54, 1.807) is 44.2 Å². The molecule has 0 fully saturated rings. The van der Waals surface area contributed by atoms with Gasteiger partial charge < -0.3 is 75.8 Å². The van der Waals surface area contributed by atoms with Crippen LogP contribution in [0.2, 0.25) is 0 Å². The number of aromatic hydroxyl groups is 1. The van der Waals surface area contributed by atoms with Gasteiger partial charge in [0.2, 0.25) is 41.4 Å². The van der Waals surface area contributed by atoms with Crippen LogP contribution in [0, 0.1) is 5.92 Å². The number of rotatable bonds is 32. The van der Waals surface area contributed by atoms with Crippen LogP contribution in [0.4, 0.5) is 0 Å². The van der Waals surface area contributed by atoms with Gasteiger partial charge in [0, 0.05) is 44.1 Å². The van der Waals surface area contributed by atoms with Crippen molar-refractivity contribution < 1.29 is 48.6 Å². The third-order valence-electron chi connectivity index (χ3n) is 11.5. The molecule has 388 valence electrons. The Morgan fingerprint density at radius 3 is 1.80 bits per heavy atom. The summed E-state index contributed by atoms with van der Waals surface area (Å²) in [5, 5.41) is 35.4. The van der Waals surface area contributed by atoms with Crippen LogP contribution in [0.5, 0.6) is 5.75 Å². The van der Waals surface area contributed by atoms with Crippen molar-refractivity contribution in [2.45, 2.75) is 127 Å². The van der Waals surface area contributed by atoms with E-state index in [1.807, 2.05) is 0 Å². The fourth-order valence-electron chi connectivity index (χ4n) is 7.24. The van der Waals surface area contributed by atoms with Crippen molar-refractivity contribution in [1.82, 2.24) is 41.9 Å². The van der Waals surface area contributed by atoms with Gasteiger partial charge in [-0.1, -0.05) is 69.2 Å². The third kappa shape index (κ3) is 20.9. The van der Waals surface area contributed by atoms with Gasteiger partial charge in [-0.2, -0.15) is 0 Å². The van der Waals surface area contributed by atoms with E-state index in [0.717, 1.165) is 0 Å².